The predicted molar refractivity (Wildman–Crippen MR) is 97.9 cm³/mol. The van der Waals surface area contributed by atoms with Gasteiger partial charge >= 0.3 is 0 Å². The van der Waals surface area contributed by atoms with E-state index >= 15 is 0 Å². The number of carbonyl (C=O) groups is 3. The van der Waals surface area contributed by atoms with Gasteiger partial charge in [0.1, 0.15) is 6.04 Å². The summed E-state index contributed by atoms with van der Waals surface area (Å²) in [5.41, 5.74) is 6.48. The number of rotatable bonds is 6. The Labute approximate surface area is 155 Å². The molecule has 1 unspecified atom stereocenters. The van der Waals surface area contributed by atoms with Crippen LogP contribution in [0.2, 0.25) is 0 Å². The van der Waals surface area contributed by atoms with E-state index in [2.05, 4.69) is 37.2 Å². The smallest absolute Gasteiger partial charge is 0.245 e. The molecule has 2 aromatic rings. The summed E-state index contributed by atoms with van der Waals surface area (Å²) in [6.45, 7) is -0.220. The Hall–Kier alpha value is -1.83. The minimum Gasteiger partial charge on any atom is -0.347 e. The second-order valence-electron chi connectivity index (χ2n) is 5.00. The molecule has 3 N–H and O–H groups in total. The summed E-state index contributed by atoms with van der Waals surface area (Å²) in [5, 5.41) is 2.40. The third kappa shape index (κ3) is 4.83. The fourth-order valence-corrected chi connectivity index (χ4v) is 2.46. The summed E-state index contributed by atoms with van der Waals surface area (Å²) in [5.74, 6) is -1.45. The van der Waals surface area contributed by atoms with Crippen molar-refractivity contribution in [3.8, 4) is 0 Å². The molecule has 0 bridgehead atoms. The molecule has 24 heavy (non-hydrogen) atoms. The van der Waals surface area contributed by atoms with Gasteiger partial charge in [0.05, 0.1) is 6.54 Å². The van der Waals surface area contributed by atoms with Crippen LogP contribution >= 0.6 is 31.9 Å². The number of nitrogens with two attached hydrogens (primary N) is 1. The van der Waals surface area contributed by atoms with Gasteiger partial charge in [0, 0.05) is 20.1 Å². The quantitative estimate of drug-likeness (QED) is 0.519. The maximum atomic E-state index is 12.2. The molecule has 0 aliphatic heterocycles. The topological polar surface area (TPSA) is 89.3 Å². The van der Waals surface area contributed by atoms with E-state index in [1.165, 1.54) is 0 Å². The molecule has 0 spiro atoms. The Kier molecular flexibility index (Phi) is 6.42. The van der Waals surface area contributed by atoms with Crippen LogP contribution in [0.5, 0.6) is 0 Å². The molecule has 0 saturated heterocycles. The van der Waals surface area contributed by atoms with Crippen molar-refractivity contribution in [2.75, 3.05) is 6.54 Å². The van der Waals surface area contributed by atoms with Crippen LogP contribution in [0.3, 0.4) is 0 Å². The number of hydrogen-bond donors (Lipinski definition) is 2. The number of halogens is 2. The molecular formula is C17H14Br2N2O3. The number of amides is 1. The van der Waals surface area contributed by atoms with E-state index in [4.69, 9.17) is 5.73 Å². The van der Waals surface area contributed by atoms with Gasteiger partial charge in [0.25, 0.3) is 0 Å². The molecule has 1 atom stereocenters. The van der Waals surface area contributed by atoms with Gasteiger partial charge in [-0.15, -0.1) is 0 Å². The number of nitrogens with one attached hydrogen (secondary N) is 1. The van der Waals surface area contributed by atoms with E-state index in [0.29, 0.717) is 11.1 Å². The third-order valence-electron chi connectivity index (χ3n) is 3.28. The van der Waals surface area contributed by atoms with E-state index in [-0.39, 0.29) is 12.3 Å². The molecule has 0 fully saturated rings. The average Bonchev–Trinajstić information content (AvgIpc) is 2.59. The van der Waals surface area contributed by atoms with Crippen LogP contribution in [0, 0.1) is 0 Å². The maximum absolute atomic E-state index is 12.2. The molecule has 0 aliphatic rings. The highest BCUT2D eigenvalue weighted by Gasteiger charge is 2.23. The standard InChI is InChI=1S/C17H14Br2N2O3/c18-12-5-1-10(2-6-12)14(22)9-21-17(24)15(20)16(23)11-3-7-13(19)8-4-11/h1-8,15H,9,20H2,(H,21,24). The van der Waals surface area contributed by atoms with Gasteiger partial charge in [-0.2, -0.15) is 0 Å². The lowest BCUT2D eigenvalue weighted by Gasteiger charge is -2.11. The highest BCUT2D eigenvalue weighted by atomic mass is 79.9. The molecule has 0 radical (unpaired) electrons. The van der Waals surface area contributed by atoms with E-state index in [0.717, 1.165) is 8.95 Å². The van der Waals surface area contributed by atoms with Crippen LogP contribution in [-0.4, -0.2) is 30.1 Å². The minimum atomic E-state index is -1.36. The number of Topliss-reactive ketones (excluding diaryl/α,β-unsaturated/α-hetero) is 2. The zero-order chi connectivity index (χ0) is 17.7. The molecule has 2 rings (SSSR count). The number of carbonyl (C=O) groups excluding carboxylic acids is 3. The second-order valence-corrected chi connectivity index (χ2v) is 6.83. The minimum absolute atomic E-state index is 0.220. The van der Waals surface area contributed by atoms with E-state index in [9.17, 15) is 14.4 Å². The first-order valence-corrected chi connectivity index (χ1v) is 8.59. The van der Waals surface area contributed by atoms with Crippen LogP contribution < -0.4 is 11.1 Å². The van der Waals surface area contributed by atoms with Gasteiger partial charge in [0.15, 0.2) is 11.6 Å². The van der Waals surface area contributed by atoms with Crippen LogP contribution in [0.15, 0.2) is 57.5 Å². The van der Waals surface area contributed by atoms with Gasteiger partial charge in [0.2, 0.25) is 5.91 Å². The van der Waals surface area contributed by atoms with Gasteiger partial charge in [-0.3, -0.25) is 14.4 Å². The van der Waals surface area contributed by atoms with E-state index in [1.54, 1.807) is 48.5 Å². The zero-order valence-corrected chi connectivity index (χ0v) is 15.6. The molecule has 0 heterocycles. The summed E-state index contributed by atoms with van der Waals surface area (Å²) in [6.07, 6.45) is 0. The summed E-state index contributed by atoms with van der Waals surface area (Å²) >= 11 is 6.55. The Morgan fingerprint density at radius 1 is 0.875 bits per heavy atom. The highest BCUT2D eigenvalue weighted by molar-refractivity contribution is 9.10. The molecule has 1 amide bonds. The van der Waals surface area contributed by atoms with Crippen molar-refractivity contribution in [2.24, 2.45) is 5.73 Å². The van der Waals surface area contributed by atoms with Crippen molar-refractivity contribution in [3.05, 3.63) is 68.6 Å². The lowest BCUT2D eigenvalue weighted by molar-refractivity contribution is -0.121. The van der Waals surface area contributed by atoms with Crippen LogP contribution in [0.25, 0.3) is 0 Å². The SMILES string of the molecule is NC(C(=O)NCC(=O)c1ccc(Br)cc1)C(=O)c1ccc(Br)cc1. The lowest BCUT2D eigenvalue weighted by Crippen LogP contribution is -2.47. The Morgan fingerprint density at radius 3 is 1.83 bits per heavy atom. The normalized spacial score (nSPS) is 11.6. The van der Waals surface area contributed by atoms with Crippen LogP contribution in [0.4, 0.5) is 0 Å². The predicted octanol–water partition coefficient (Wildman–Crippen LogP) is 2.72. The van der Waals surface area contributed by atoms with Crippen molar-refractivity contribution in [3.63, 3.8) is 0 Å². The Morgan fingerprint density at radius 2 is 1.33 bits per heavy atom. The third-order valence-corrected chi connectivity index (χ3v) is 4.34. The number of benzene rings is 2. The molecule has 124 valence electrons. The average molecular weight is 454 g/mol. The first-order valence-electron chi connectivity index (χ1n) is 7.00. The van der Waals surface area contributed by atoms with Gasteiger partial charge in [-0.1, -0.05) is 56.1 Å². The lowest BCUT2D eigenvalue weighted by atomic mass is 10.0. The van der Waals surface area contributed by atoms with Crippen molar-refractivity contribution in [2.45, 2.75) is 6.04 Å². The van der Waals surface area contributed by atoms with E-state index in [1.807, 2.05) is 0 Å². The first-order chi connectivity index (χ1) is 11.4. The highest BCUT2D eigenvalue weighted by Crippen LogP contribution is 2.12. The fraction of sp³-hybridized carbons (Fsp3) is 0.118. The van der Waals surface area contributed by atoms with Crippen molar-refractivity contribution in [1.82, 2.24) is 5.32 Å². The number of ketones is 2. The van der Waals surface area contributed by atoms with Crippen LogP contribution in [-0.2, 0) is 4.79 Å². The molecule has 2 aromatic carbocycles. The molecule has 7 heteroatoms. The Balaban J connectivity index is 1.93. The largest absolute Gasteiger partial charge is 0.347 e. The van der Waals surface area contributed by atoms with Crippen LogP contribution in [0.1, 0.15) is 20.7 Å². The maximum Gasteiger partial charge on any atom is 0.245 e. The van der Waals surface area contributed by atoms with Gasteiger partial charge in [-0.05, 0) is 24.3 Å². The molecule has 5 nitrogen and oxygen atoms in total. The summed E-state index contributed by atoms with van der Waals surface area (Å²) in [4.78, 5) is 36.1. The zero-order valence-electron chi connectivity index (χ0n) is 12.5. The summed E-state index contributed by atoms with van der Waals surface area (Å²) in [7, 11) is 0. The van der Waals surface area contributed by atoms with Crippen molar-refractivity contribution in [1.29, 1.82) is 0 Å². The molecular weight excluding hydrogens is 440 g/mol. The molecule has 0 saturated carbocycles. The monoisotopic (exact) mass is 452 g/mol. The summed E-state index contributed by atoms with van der Waals surface area (Å²) in [6, 6.07) is 11.9. The van der Waals surface area contributed by atoms with Crippen molar-refractivity contribution >= 4 is 49.3 Å². The molecule has 0 aliphatic carbocycles. The van der Waals surface area contributed by atoms with E-state index < -0.39 is 17.7 Å². The van der Waals surface area contributed by atoms with Gasteiger partial charge < -0.3 is 11.1 Å². The first kappa shape index (κ1) is 18.5. The fourth-order valence-electron chi connectivity index (χ4n) is 1.93. The molecule has 0 aromatic heterocycles. The van der Waals surface area contributed by atoms with Gasteiger partial charge in [-0.25, -0.2) is 0 Å². The Bertz CT molecular complexity index is 758. The van der Waals surface area contributed by atoms with Crippen molar-refractivity contribution < 1.29 is 14.4 Å². The number of hydrogen-bond acceptors (Lipinski definition) is 4. The second kappa shape index (κ2) is 8.32. The summed E-state index contributed by atoms with van der Waals surface area (Å²) < 4.78 is 1.67.